The van der Waals surface area contributed by atoms with Crippen LogP contribution in [0, 0.1) is 10.8 Å². The highest BCUT2D eigenvalue weighted by atomic mass is 16.3. The Bertz CT molecular complexity index is 1580. The molecule has 4 aromatic rings. The molecule has 0 fully saturated rings. The van der Waals surface area contributed by atoms with Gasteiger partial charge in [0.15, 0.2) is 5.96 Å². The molecule has 0 amide bonds. The van der Waals surface area contributed by atoms with Gasteiger partial charge in [-0.2, -0.15) is 0 Å². The van der Waals surface area contributed by atoms with Crippen LogP contribution in [-0.2, 0) is 0 Å². The zero-order chi connectivity index (χ0) is 26.4. The lowest BCUT2D eigenvalue weighted by molar-refractivity contribution is 0.594. The second kappa shape index (κ2) is 11.3. The summed E-state index contributed by atoms with van der Waals surface area (Å²) in [6, 6.07) is 15.1. The van der Waals surface area contributed by atoms with Crippen molar-refractivity contribution in [2.24, 2.45) is 22.2 Å². The van der Waals surface area contributed by atoms with Gasteiger partial charge in [-0.3, -0.25) is 10.4 Å². The van der Waals surface area contributed by atoms with Gasteiger partial charge in [-0.15, -0.1) is 0 Å². The Morgan fingerprint density at radius 2 is 1.57 bits per heavy atom. The summed E-state index contributed by atoms with van der Waals surface area (Å²) in [5.74, 6) is 1.58. The highest BCUT2D eigenvalue weighted by Crippen LogP contribution is 2.28. The van der Waals surface area contributed by atoms with E-state index in [2.05, 4.69) is 4.99 Å². The summed E-state index contributed by atoms with van der Waals surface area (Å²) in [6.07, 6.45) is 11.1. The van der Waals surface area contributed by atoms with E-state index >= 15 is 0 Å². The van der Waals surface area contributed by atoms with Gasteiger partial charge in [0.2, 0.25) is 0 Å². The van der Waals surface area contributed by atoms with Crippen LogP contribution in [-0.4, -0.2) is 24.1 Å². The van der Waals surface area contributed by atoms with Crippen LogP contribution in [0.25, 0.3) is 33.6 Å². The van der Waals surface area contributed by atoms with Gasteiger partial charge in [-0.1, -0.05) is 24.3 Å². The predicted molar refractivity (Wildman–Crippen MR) is 152 cm³/mol. The molecular formula is C29H30N6O2. The van der Waals surface area contributed by atoms with Gasteiger partial charge < -0.3 is 31.4 Å². The normalized spacial score (nSPS) is 12.2. The second-order valence-electron chi connectivity index (χ2n) is 8.65. The predicted octanol–water partition coefficient (Wildman–Crippen LogP) is 5.56. The first-order chi connectivity index (χ1) is 17.8. The number of hydrogen-bond acceptors (Lipinski definition) is 5. The number of rotatable bonds is 10. The van der Waals surface area contributed by atoms with Crippen LogP contribution in [0.15, 0.2) is 86.7 Å². The lowest BCUT2D eigenvalue weighted by Crippen LogP contribution is -2.22. The van der Waals surface area contributed by atoms with Gasteiger partial charge in [-0.25, -0.2) is 0 Å². The maximum Gasteiger partial charge on any atom is 0.185 e. The Balaban J connectivity index is 1.53. The van der Waals surface area contributed by atoms with Crippen LogP contribution in [0.1, 0.15) is 42.4 Å². The maximum atomic E-state index is 7.89. The van der Waals surface area contributed by atoms with E-state index in [9.17, 15) is 0 Å². The first kappa shape index (κ1) is 25.2. The molecule has 0 spiro atoms. The zero-order valence-electron chi connectivity index (χ0n) is 20.6. The standard InChI is InChI=1S/C29H30N6O2/c1-18(30)20-9-11-26-23(14-20)17-27(37-26)19(7-5-13-35-29(33)34)6-3-2-4-8-24-16-22-15-21(28(31)32)10-12-25(22)36-24/h2-4,6,8-12,14-17,30H,5,7,13H2,1H3,(H3,31,32)(H4,33,34,35)/b3-2+,8-4+,19-6+,30-18?. The molecule has 0 radical (unpaired) electrons. The fourth-order valence-corrected chi connectivity index (χ4v) is 3.90. The third-order valence-corrected chi connectivity index (χ3v) is 5.79. The third kappa shape index (κ3) is 6.43. The van der Waals surface area contributed by atoms with Gasteiger partial charge in [0, 0.05) is 28.6 Å². The number of guanidine groups is 1. The highest BCUT2D eigenvalue weighted by Gasteiger charge is 2.10. The van der Waals surface area contributed by atoms with E-state index in [1.165, 1.54) is 0 Å². The zero-order valence-corrected chi connectivity index (χ0v) is 20.6. The molecule has 8 nitrogen and oxygen atoms in total. The summed E-state index contributed by atoms with van der Waals surface area (Å²) < 4.78 is 11.9. The van der Waals surface area contributed by atoms with Crippen LogP contribution in [0.5, 0.6) is 0 Å². The number of nitrogen functional groups attached to an aromatic ring is 1. The molecule has 2 heterocycles. The fraction of sp³-hybridized carbons (Fsp3) is 0.138. The molecule has 0 atom stereocenters. The topological polar surface area (TPSA) is 164 Å². The number of allylic oxidation sites excluding steroid dienone is 5. The van der Waals surface area contributed by atoms with Crippen molar-refractivity contribution in [3.63, 3.8) is 0 Å². The van der Waals surface area contributed by atoms with E-state index in [1.54, 1.807) is 13.0 Å². The second-order valence-corrected chi connectivity index (χ2v) is 8.65. The Labute approximate surface area is 214 Å². The highest BCUT2D eigenvalue weighted by molar-refractivity contribution is 6.00. The number of nitrogens with two attached hydrogens (primary N) is 3. The molecule has 0 aliphatic heterocycles. The lowest BCUT2D eigenvalue weighted by Gasteiger charge is -2.02. The molecular weight excluding hydrogens is 464 g/mol. The number of furan rings is 2. The molecule has 2 aromatic heterocycles. The van der Waals surface area contributed by atoms with E-state index < -0.39 is 0 Å². The van der Waals surface area contributed by atoms with Gasteiger partial charge in [0.25, 0.3) is 0 Å². The number of benzene rings is 2. The van der Waals surface area contributed by atoms with E-state index in [1.807, 2.05) is 72.8 Å². The first-order valence-corrected chi connectivity index (χ1v) is 11.9. The molecule has 0 unspecified atom stereocenters. The summed E-state index contributed by atoms with van der Waals surface area (Å²) >= 11 is 0. The molecule has 188 valence electrons. The van der Waals surface area contributed by atoms with Crippen molar-refractivity contribution in [1.82, 2.24) is 0 Å². The Morgan fingerprint density at radius 3 is 2.30 bits per heavy atom. The van der Waals surface area contributed by atoms with Crippen molar-refractivity contribution in [3.8, 4) is 0 Å². The average Bonchev–Trinajstić information content (AvgIpc) is 3.47. The lowest BCUT2D eigenvalue weighted by atomic mass is 10.1. The molecule has 0 bridgehead atoms. The van der Waals surface area contributed by atoms with Gasteiger partial charge in [0.05, 0.1) is 0 Å². The number of fused-ring (bicyclic) bond motifs is 2. The minimum Gasteiger partial charge on any atom is -0.457 e. The quantitative estimate of drug-likeness (QED) is 0.0841. The van der Waals surface area contributed by atoms with Crippen LogP contribution in [0.3, 0.4) is 0 Å². The number of aliphatic imine (C=N–C) groups is 1. The van der Waals surface area contributed by atoms with E-state index in [4.69, 9.17) is 36.9 Å². The van der Waals surface area contributed by atoms with E-state index in [0.717, 1.165) is 51.7 Å². The van der Waals surface area contributed by atoms with E-state index in [0.29, 0.717) is 23.6 Å². The Kier molecular flexibility index (Phi) is 7.68. The third-order valence-electron chi connectivity index (χ3n) is 5.79. The average molecular weight is 495 g/mol. The monoisotopic (exact) mass is 494 g/mol. The van der Waals surface area contributed by atoms with Gasteiger partial charge in [-0.05, 0) is 85.5 Å². The van der Waals surface area contributed by atoms with Crippen molar-refractivity contribution in [3.05, 3.63) is 95.5 Å². The van der Waals surface area contributed by atoms with Crippen LogP contribution in [0.2, 0.25) is 0 Å². The number of nitrogens with zero attached hydrogens (tertiary/aromatic N) is 1. The smallest absolute Gasteiger partial charge is 0.185 e. The summed E-state index contributed by atoms with van der Waals surface area (Å²) in [5, 5.41) is 17.3. The molecule has 0 saturated heterocycles. The van der Waals surface area contributed by atoms with Gasteiger partial charge in [0.1, 0.15) is 28.5 Å². The summed E-state index contributed by atoms with van der Waals surface area (Å²) in [5.41, 5.74) is 21.0. The number of hydrogen-bond donors (Lipinski definition) is 5. The van der Waals surface area contributed by atoms with Gasteiger partial charge >= 0.3 is 0 Å². The molecule has 0 aliphatic rings. The molecule has 0 aliphatic carbocycles. The van der Waals surface area contributed by atoms with Crippen molar-refractivity contribution >= 4 is 51.1 Å². The minimum atomic E-state index is 0.0266. The SMILES string of the molecule is CC(=N)c1ccc2oc(/C(=C/C=C/C=C/c3cc4cc(C(=N)N)ccc4o3)CCCN=C(N)N)cc2c1. The van der Waals surface area contributed by atoms with Crippen molar-refractivity contribution in [2.45, 2.75) is 19.8 Å². The largest absolute Gasteiger partial charge is 0.457 e. The Hall–Kier alpha value is -4.85. The molecule has 2 aromatic carbocycles. The van der Waals surface area contributed by atoms with E-state index in [-0.39, 0.29) is 11.8 Å². The summed E-state index contributed by atoms with van der Waals surface area (Å²) in [4.78, 5) is 4.07. The molecule has 8 N–H and O–H groups in total. The Morgan fingerprint density at radius 1 is 0.865 bits per heavy atom. The van der Waals surface area contributed by atoms with Crippen LogP contribution >= 0.6 is 0 Å². The van der Waals surface area contributed by atoms with Crippen molar-refractivity contribution < 1.29 is 8.83 Å². The van der Waals surface area contributed by atoms with Crippen LogP contribution in [0.4, 0.5) is 0 Å². The maximum absolute atomic E-state index is 7.89. The summed E-state index contributed by atoms with van der Waals surface area (Å²) in [6.45, 7) is 2.29. The van der Waals surface area contributed by atoms with Crippen molar-refractivity contribution in [1.29, 1.82) is 10.8 Å². The fourth-order valence-electron chi connectivity index (χ4n) is 3.90. The number of nitrogens with one attached hydrogen (secondary N) is 2. The minimum absolute atomic E-state index is 0.0266. The first-order valence-electron chi connectivity index (χ1n) is 11.9. The number of amidine groups is 1. The summed E-state index contributed by atoms with van der Waals surface area (Å²) in [7, 11) is 0. The molecule has 37 heavy (non-hydrogen) atoms. The molecule has 4 rings (SSSR count). The van der Waals surface area contributed by atoms with Crippen molar-refractivity contribution in [2.75, 3.05) is 6.54 Å². The van der Waals surface area contributed by atoms with Crippen LogP contribution < -0.4 is 17.2 Å². The molecule has 0 saturated carbocycles. The molecule has 8 heteroatoms.